The highest BCUT2D eigenvalue weighted by Gasteiger charge is 2.23. The fourth-order valence-electron chi connectivity index (χ4n) is 4.07. The third-order valence-electron chi connectivity index (χ3n) is 5.93. The van der Waals surface area contributed by atoms with Crippen molar-refractivity contribution in [3.63, 3.8) is 0 Å². The Hall–Kier alpha value is -3.03. The van der Waals surface area contributed by atoms with Gasteiger partial charge in [0.1, 0.15) is 11.5 Å². The number of carbonyl (C=O) groups excluding carboxylic acids is 2. The van der Waals surface area contributed by atoms with E-state index in [9.17, 15) is 9.59 Å². The number of piperazine rings is 1. The molecule has 0 unspecified atom stereocenters. The van der Waals surface area contributed by atoms with Crippen molar-refractivity contribution >= 4 is 56.8 Å². The molecule has 0 atom stereocenters. The molecule has 1 aliphatic rings. The van der Waals surface area contributed by atoms with Crippen molar-refractivity contribution < 1.29 is 14.0 Å². The predicted octanol–water partition coefficient (Wildman–Crippen LogP) is 6.71. The SMILES string of the molecule is CC(C)CC(=O)N1CCN(c2ccc(NC(=O)/C=C/c3ccc(-c4ccc(Br)cc4)o3)cc2Cl)CC1. The summed E-state index contributed by atoms with van der Waals surface area (Å²) in [6.07, 6.45) is 3.64. The van der Waals surface area contributed by atoms with Crippen molar-refractivity contribution in [2.45, 2.75) is 20.3 Å². The number of furan rings is 1. The van der Waals surface area contributed by atoms with Crippen LogP contribution in [0.15, 0.2) is 69.6 Å². The minimum Gasteiger partial charge on any atom is -0.457 e. The average Bonchev–Trinajstić information content (AvgIpc) is 3.32. The van der Waals surface area contributed by atoms with Crippen LogP contribution in [-0.4, -0.2) is 42.9 Å². The van der Waals surface area contributed by atoms with Crippen LogP contribution in [0.4, 0.5) is 11.4 Å². The summed E-state index contributed by atoms with van der Waals surface area (Å²) in [5, 5.41) is 3.40. The van der Waals surface area contributed by atoms with Gasteiger partial charge in [0.2, 0.25) is 11.8 Å². The zero-order valence-corrected chi connectivity index (χ0v) is 22.7. The second-order valence-electron chi connectivity index (χ2n) is 9.16. The number of nitrogens with one attached hydrogen (secondary N) is 1. The van der Waals surface area contributed by atoms with Gasteiger partial charge in [-0.05, 0) is 54.5 Å². The molecule has 2 heterocycles. The van der Waals surface area contributed by atoms with Crippen LogP contribution in [0, 0.1) is 5.92 Å². The van der Waals surface area contributed by atoms with E-state index in [2.05, 4.69) is 40.0 Å². The minimum absolute atomic E-state index is 0.209. The van der Waals surface area contributed by atoms with Crippen molar-refractivity contribution in [3.8, 4) is 11.3 Å². The number of hydrogen-bond acceptors (Lipinski definition) is 4. The number of amides is 2. The zero-order chi connectivity index (χ0) is 25.7. The predicted molar refractivity (Wildman–Crippen MR) is 149 cm³/mol. The first kappa shape index (κ1) is 26.0. The quantitative estimate of drug-likeness (QED) is 0.321. The highest BCUT2D eigenvalue weighted by molar-refractivity contribution is 9.10. The Balaban J connectivity index is 1.31. The number of rotatable bonds is 7. The zero-order valence-electron chi connectivity index (χ0n) is 20.3. The van der Waals surface area contributed by atoms with E-state index in [1.165, 1.54) is 6.08 Å². The fraction of sp³-hybridized carbons (Fsp3) is 0.286. The third-order valence-corrected chi connectivity index (χ3v) is 6.76. The van der Waals surface area contributed by atoms with Crippen LogP contribution >= 0.6 is 27.5 Å². The molecule has 6 nitrogen and oxygen atoms in total. The van der Waals surface area contributed by atoms with Crippen LogP contribution < -0.4 is 10.2 Å². The van der Waals surface area contributed by atoms with Crippen LogP contribution in [0.3, 0.4) is 0 Å². The molecule has 3 aromatic rings. The van der Waals surface area contributed by atoms with Crippen molar-refractivity contribution in [1.29, 1.82) is 0 Å². The Labute approximate surface area is 225 Å². The van der Waals surface area contributed by atoms with Crippen LogP contribution in [0.1, 0.15) is 26.0 Å². The molecule has 1 fully saturated rings. The summed E-state index contributed by atoms with van der Waals surface area (Å²) in [5.41, 5.74) is 2.47. The Morgan fingerprint density at radius 3 is 2.44 bits per heavy atom. The van der Waals surface area contributed by atoms with Crippen molar-refractivity contribution in [2.24, 2.45) is 5.92 Å². The molecular formula is C28H29BrClN3O3. The summed E-state index contributed by atoms with van der Waals surface area (Å²) in [6.45, 7) is 6.93. The lowest BCUT2D eigenvalue weighted by Gasteiger charge is -2.36. The lowest BCUT2D eigenvalue weighted by atomic mass is 10.1. The molecule has 0 radical (unpaired) electrons. The van der Waals surface area contributed by atoms with E-state index in [4.69, 9.17) is 16.0 Å². The van der Waals surface area contributed by atoms with Crippen molar-refractivity contribution in [1.82, 2.24) is 4.90 Å². The van der Waals surface area contributed by atoms with Gasteiger partial charge >= 0.3 is 0 Å². The standard InChI is InChI=1S/C28H29BrClN3O3/c1-19(2)17-28(35)33-15-13-32(14-16-33)25-10-7-22(18-24(25)30)31-27(34)12-9-23-8-11-26(36-23)20-3-5-21(29)6-4-20/h3-12,18-19H,13-17H2,1-2H3,(H,31,34)/b12-9+. The number of benzene rings is 2. The number of nitrogens with zero attached hydrogens (tertiary/aromatic N) is 2. The van der Waals surface area contributed by atoms with E-state index in [0.717, 1.165) is 34.6 Å². The van der Waals surface area contributed by atoms with Gasteiger partial charge < -0.3 is 19.5 Å². The summed E-state index contributed by atoms with van der Waals surface area (Å²) in [4.78, 5) is 28.9. The molecule has 0 spiro atoms. The van der Waals surface area contributed by atoms with Gasteiger partial charge in [0.05, 0.1) is 10.7 Å². The highest BCUT2D eigenvalue weighted by atomic mass is 79.9. The van der Waals surface area contributed by atoms with E-state index in [1.807, 2.05) is 53.4 Å². The van der Waals surface area contributed by atoms with Gasteiger partial charge in [0.25, 0.3) is 0 Å². The maximum absolute atomic E-state index is 12.4. The monoisotopic (exact) mass is 569 g/mol. The Morgan fingerprint density at radius 1 is 1.06 bits per heavy atom. The minimum atomic E-state index is -0.280. The number of carbonyl (C=O) groups is 2. The summed E-state index contributed by atoms with van der Waals surface area (Å²) in [5.74, 6) is 1.60. The Kier molecular flexibility index (Phi) is 8.54. The molecule has 1 saturated heterocycles. The molecule has 0 aliphatic carbocycles. The molecular weight excluding hydrogens is 542 g/mol. The first-order valence-electron chi connectivity index (χ1n) is 12.0. The van der Waals surface area contributed by atoms with E-state index in [1.54, 1.807) is 12.1 Å². The number of hydrogen-bond donors (Lipinski definition) is 1. The third kappa shape index (κ3) is 6.80. The fourth-order valence-corrected chi connectivity index (χ4v) is 4.63. The first-order chi connectivity index (χ1) is 17.3. The smallest absolute Gasteiger partial charge is 0.248 e. The van der Waals surface area contributed by atoms with E-state index in [-0.39, 0.29) is 11.8 Å². The van der Waals surface area contributed by atoms with E-state index < -0.39 is 0 Å². The molecule has 0 bridgehead atoms. The Morgan fingerprint density at radius 2 is 1.78 bits per heavy atom. The van der Waals surface area contributed by atoms with Gasteiger partial charge in [-0.1, -0.05) is 53.5 Å². The second-order valence-corrected chi connectivity index (χ2v) is 10.5. The topological polar surface area (TPSA) is 65.8 Å². The number of halogens is 2. The summed E-state index contributed by atoms with van der Waals surface area (Å²) < 4.78 is 6.82. The van der Waals surface area contributed by atoms with Gasteiger partial charge in [-0.25, -0.2) is 0 Å². The summed E-state index contributed by atoms with van der Waals surface area (Å²) in [6, 6.07) is 17.0. The molecule has 36 heavy (non-hydrogen) atoms. The molecule has 1 aromatic heterocycles. The molecule has 1 N–H and O–H groups in total. The van der Waals surface area contributed by atoms with E-state index in [0.29, 0.717) is 41.9 Å². The molecule has 4 rings (SSSR count). The van der Waals surface area contributed by atoms with Gasteiger partial charge in [-0.3, -0.25) is 9.59 Å². The van der Waals surface area contributed by atoms with Crippen LogP contribution in [0.25, 0.3) is 17.4 Å². The average molecular weight is 571 g/mol. The lowest BCUT2D eigenvalue weighted by Crippen LogP contribution is -2.49. The van der Waals surface area contributed by atoms with Crippen LogP contribution in [0.2, 0.25) is 5.02 Å². The highest BCUT2D eigenvalue weighted by Crippen LogP contribution is 2.30. The maximum Gasteiger partial charge on any atom is 0.248 e. The van der Waals surface area contributed by atoms with Gasteiger partial charge in [0, 0.05) is 54.4 Å². The van der Waals surface area contributed by atoms with Crippen LogP contribution in [0.5, 0.6) is 0 Å². The van der Waals surface area contributed by atoms with Crippen LogP contribution in [-0.2, 0) is 9.59 Å². The molecule has 2 amide bonds. The lowest BCUT2D eigenvalue weighted by molar-refractivity contribution is -0.132. The first-order valence-corrected chi connectivity index (χ1v) is 13.1. The Bertz CT molecular complexity index is 1250. The van der Waals surface area contributed by atoms with E-state index >= 15 is 0 Å². The molecule has 8 heteroatoms. The number of anilines is 2. The van der Waals surface area contributed by atoms with Crippen molar-refractivity contribution in [3.05, 3.63) is 75.9 Å². The van der Waals surface area contributed by atoms with Crippen molar-refractivity contribution in [2.75, 3.05) is 36.4 Å². The second kappa shape index (κ2) is 11.8. The molecule has 188 valence electrons. The molecule has 2 aromatic carbocycles. The molecule has 0 saturated carbocycles. The van der Waals surface area contributed by atoms with Gasteiger partial charge in [0.15, 0.2) is 0 Å². The summed E-state index contributed by atoms with van der Waals surface area (Å²) in [7, 11) is 0. The molecule has 1 aliphatic heterocycles. The summed E-state index contributed by atoms with van der Waals surface area (Å²) >= 11 is 9.97. The largest absolute Gasteiger partial charge is 0.457 e. The maximum atomic E-state index is 12.4. The normalized spacial score (nSPS) is 14.0. The van der Waals surface area contributed by atoms with Gasteiger partial charge in [-0.15, -0.1) is 0 Å². The van der Waals surface area contributed by atoms with Gasteiger partial charge in [-0.2, -0.15) is 0 Å².